The van der Waals surface area contributed by atoms with Crippen LogP contribution in [-0.2, 0) is 19.6 Å². The molecule has 1 saturated heterocycles. The lowest BCUT2D eigenvalue weighted by molar-refractivity contribution is -0.126. The third-order valence-corrected chi connectivity index (χ3v) is 7.40. The Labute approximate surface area is 168 Å². The van der Waals surface area contributed by atoms with Crippen LogP contribution in [-0.4, -0.2) is 56.1 Å². The molecular weight excluding hydrogens is 382 g/mol. The fourth-order valence-corrected chi connectivity index (χ4v) is 5.33. The van der Waals surface area contributed by atoms with Gasteiger partial charge in [0.2, 0.25) is 15.9 Å². The summed E-state index contributed by atoms with van der Waals surface area (Å²) >= 11 is 0. The Morgan fingerprint density at radius 1 is 1.29 bits per heavy atom. The molecule has 0 spiro atoms. The van der Waals surface area contributed by atoms with Crippen LogP contribution in [0.5, 0.6) is 0 Å². The summed E-state index contributed by atoms with van der Waals surface area (Å²) in [5.41, 5.74) is 0.383. The number of amides is 1. The van der Waals surface area contributed by atoms with Gasteiger partial charge in [-0.25, -0.2) is 8.42 Å². The van der Waals surface area contributed by atoms with Gasteiger partial charge in [0.25, 0.3) is 0 Å². The molecule has 1 N–H and O–H groups in total. The average Bonchev–Trinajstić information content (AvgIpc) is 2.99. The first-order valence-corrected chi connectivity index (χ1v) is 11.4. The highest BCUT2D eigenvalue weighted by Crippen LogP contribution is 2.30. The molecule has 1 aliphatic heterocycles. The Kier molecular flexibility index (Phi) is 8.03. The number of hydrogen-bond acceptors (Lipinski definition) is 6. The van der Waals surface area contributed by atoms with Crippen molar-refractivity contribution in [2.45, 2.75) is 64.9 Å². The highest BCUT2D eigenvalue weighted by atomic mass is 32.2. The first-order valence-electron chi connectivity index (χ1n) is 9.97. The van der Waals surface area contributed by atoms with Gasteiger partial charge in [0.15, 0.2) is 5.76 Å². The fraction of sp³-hybridized carbons (Fsp3) is 0.789. The molecule has 0 saturated carbocycles. The predicted molar refractivity (Wildman–Crippen MR) is 105 cm³/mol. The number of hydrogen-bond donors (Lipinski definition) is 1. The monoisotopic (exact) mass is 415 g/mol. The summed E-state index contributed by atoms with van der Waals surface area (Å²) in [4.78, 5) is 12.6. The number of carbonyl (C=O) groups is 1. The zero-order chi connectivity index (χ0) is 20.9. The number of ether oxygens (including phenoxy) is 1. The van der Waals surface area contributed by atoms with Crippen molar-refractivity contribution in [1.29, 1.82) is 0 Å². The minimum atomic E-state index is -3.61. The van der Waals surface area contributed by atoms with Crippen molar-refractivity contribution >= 4 is 15.9 Å². The van der Waals surface area contributed by atoms with Crippen molar-refractivity contribution in [3.8, 4) is 0 Å². The number of nitrogens with zero attached hydrogens (tertiary/aromatic N) is 2. The Balaban J connectivity index is 1.83. The Hall–Kier alpha value is -1.45. The summed E-state index contributed by atoms with van der Waals surface area (Å²) < 4.78 is 37.7. The van der Waals surface area contributed by atoms with Crippen molar-refractivity contribution in [3.05, 3.63) is 11.5 Å². The van der Waals surface area contributed by atoms with E-state index in [0.717, 1.165) is 6.42 Å². The largest absolute Gasteiger partial charge is 0.379 e. The number of carbonyl (C=O) groups excluding carboxylic acids is 1. The summed E-state index contributed by atoms with van der Waals surface area (Å²) in [5.74, 6) is 0.364. The van der Waals surface area contributed by atoms with Crippen LogP contribution < -0.4 is 5.32 Å². The fourth-order valence-electron chi connectivity index (χ4n) is 3.57. The summed E-state index contributed by atoms with van der Waals surface area (Å²) in [6, 6.07) is 0. The topological polar surface area (TPSA) is 102 Å². The summed E-state index contributed by atoms with van der Waals surface area (Å²) in [6.07, 6.45) is 2.30. The second kappa shape index (κ2) is 9.84. The van der Waals surface area contributed by atoms with Gasteiger partial charge in [-0.3, -0.25) is 4.79 Å². The highest BCUT2D eigenvalue weighted by Gasteiger charge is 2.36. The van der Waals surface area contributed by atoms with E-state index in [1.807, 2.05) is 20.8 Å². The van der Waals surface area contributed by atoms with E-state index < -0.39 is 10.0 Å². The minimum absolute atomic E-state index is 0.0246. The maximum absolute atomic E-state index is 12.9. The maximum atomic E-state index is 12.9. The molecule has 1 fully saturated rings. The average molecular weight is 416 g/mol. The lowest BCUT2D eigenvalue weighted by Crippen LogP contribution is -2.43. The second-order valence-corrected chi connectivity index (χ2v) is 9.62. The summed E-state index contributed by atoms with van der Waals surface area (Å²) in [6.45, 7) is 11.2. The number of piperidine rings is 1. The SMILES string of the molecule is Cc1noc(C)c1S(=O)(=O)N1CCC([C@H](C)C(=O)NCCCOC(C)C)CC1. The van der Waals surface area contributed by atoms with Crippen molar-refractivity contribution < 1.29 is 22.5 Å². The van der Waals surface area contributed by atoms with Gasteiger partial charge in [0.05, 0.1) is 6.10 Å². The molecule has 0 aromatic carbocycles. The van der Waals surface area contributed by atoms with Crippen LogP contribution in [0.4, 0.5) is 0 Å². The molecule has 1 amide bonds. The van der Waals surface area contributed by atoms with Gasteiger partial charge in [-0.2, -0.15) is 4.31 Å². The number of sulfonamides is 1. The van der Waals surface area contributed by atoms with E-state index in [2.05, 4.69) is 10.5 Å². The first kappa shape index (κ1) is 22.8. The Bertz CT molecular complexity index is 732. The van der Waals surface area contributed by atoms with Crippen molar-refractivity contribution in [2.24, 2.45) is 11.8 Å². The standard InChI is InChI=1S/C19H33N3O5S/c1-13(2)26-12-6-9-20-19(23)14(3)17-7-10-22(11-8-17)28(24,25)18-15(4)21-27-16(18)5/h13-14,17H,6-12H2,1-5H3,(H,20,23)/t14-/m0/s1. The van der Waals surface area contributed by atoms with Gasteiger partial charge in [-0.05, 0) is 52.9 Å². The number of rotatable bonds is 9. The molecule has 1 aliphatic rings. The number of nitrogens with one attached hydrogen (secondary N) is 1. The molecule has 1 aromatic rings. The molecule has 0 bridgehead atoms. The van der Waals surface area contributed by atoms with Gasteiger partial charge in [-0.15, -0.1) is 0 Å². The van der Waals surface area contributed by atoms with E-state index >= 15 is 0 Å². The van der Waals surface area contributed by atoms with E-state index in [-0.39, 0.29) is 28.7 Å². The molecule has 1 atom stereocenters. The zero-order valence-corrected chi connectivity index (χ0v) is 18.3. The van der Waals surface area contributed by atoms with E-state index in [4.69, 9.17) is 9.26 Å². The molecule has 0 aliphatic carbocycles. The molecule has 9 heteroatoms. The lowest BCUT2D eigenvalue weighted by Gasteiger charge is -2.33. The quantitative estimate of drug-likeness (QED) is 0.621. The predicted octanol–water partition coefficient (Wildman–Crippen LogP) is 2.26. The molecule has 2 rings (SSSR count). The van der Waals surface area contributed by atoms with Crippen LogP contribution in [0.3, 0.4) is 0 Å². The van der Waals surface area contributed by atoms with E-state index in [1.165, 1.54) is 4.31 Å². The Morgan fingerprint density at radius 2 is 1.93 bits per heavy atom. The first-order chi connectivity index (χ1) is 13.1. The van der Waals surface area contributed by atoms with Crippen LogP contribution in [0.1, 0.15) is 51.5 Å². The van der Waals surface area contributed by atoms with E-state index in [9.17, 15) is 13.2 Å². The Morgan fingerprint density at radius 3 is 2.46 bits per heavy atom. The normalized spacial score (nSPS) is 17.8. The van der Waals surface area contributed by atoms with Crippen molar-refractivity contribution in [1.82, 2.24) is 14.8 Å². The van der Waals surface area contributed by atoms with Gasteiger partial charge in [0.1, 0.15) is 10.6 Å². The van der Waals surface area contributed by atoms with Gasteiger partial charge < -0.3 is 14.6 Å². The molecule has 1 aromatic heterocycles. The molecule has 160 valence electrons. The molecule has 0 radical (unpaired) electrons. The van der Waals surface area contributed by atoms with Crippen molar-refractivity contribution in [3.63, 3.8) is 0 Å². The zero-order valence-electron chi connectivity index (χ0n) is 17.5. The molecule has 0 unspecified atom stereocenters. The molecule has 2 heterocycles. The van der Waals surface area contributed by atoms with Gasteiger partial charge >= 0.3 is 0 Å². The summed E-state index contributed by atoms with van der Waals surface area (Å²) in [7, 11) is -3.61. The number of aromatic nitrogens is 1. The second-order valence-electron chi connectivity index (χ2n) is 7.75. The van der Waals surface area contributed by atoms with Crippen molar-refractivity contribution in [2.75, 3.05) is 26.2 Å². The van der Waals surface area contributed by atoms with Crippen LogP contribution in [0.2, 0.25) is 0 Å². The van der Waals surface area contributed by atoms with Crippen LogP contribution >= 0.6 is 0 Å². The van der Waals surface area contributed by atoms with E-state index in [1.54, 1.807) is 13.8 Å². The molecule has 28 heavy (non-hydrogen) atoms. The smallest absolute Gasteiger partial charge is 0.248 e. The summed E-state index contributed by atoms with van der Waals surface area (Å²) in [5, 5.41) is 6.71. The van der Waals surface area contributed by atoms with Crippen LogP contribution in [0.15, 0.2) is 9.42 Å². The third kappa shape index (κ3) is 5.55. The lowest BCUT2D eigenvalue weighted by atomic mass is 9.85. The minimum Gasteiger partial charge on any atom is -0.379 e. The van der Waals surface area contributed by atoms with Gasteiger partial charge in [-0.1, -0.05) is 12.1 Å². The third-order valence-electron chi connectivity index (χ3n) is 5.26. The number of aryl methyl sites for hydroxylation is 2. The van der Waals surface area contributed by atoms with Gasteiger partial charge in [0, 0.05) is 32.2 Å². The van der Waals surface area contributed by atoms with E-state index in [0.29, 0.717) is 50.5 Å². The molecule has 8 nitrogen and oxygen atoms in total. The van der Waals surface area contributed by atoms with Crippen LogP contribution in [0.25, 0.3) is 0 Å². The maximum Gasteiger partial charge on any atom is 0.248 e. The highest BCUT2D eigenvalue weighted by molar-refractivity contribution is 7.89. The molecular formula is C19H33N3O5S. The van der Waals surface area contributed by atoms with Crippen LogP contribution in [0, 0.1) is 25.7 Å².